The van der Waals surface area contributed by atoms with E-state index in [9.17, 15) is 15.0 Å². The number of aromatic nitrogens is 2. The molecular formula is C11H18ClN3O4. The third-order valence-corrected chi connectivity index (χ3v) is 2.99. The Morgan fingerprint density at radius 3 is 2.68 bits per heavy atom. The maximum atomic E-state index is 11.9. The standard InChI is InChI=1S/C11H18ClN3O4/c1-11(6-16,7-17)14-8-5-13-15(3-4-19-2)10(18)9(8)12/h5,14,16-17H,3-4,6-7H2,1-2H3. The van der Waals surface area contributed by atoms with E-state index in [2.05, 4.69) is 10.4 Å². The Kier molecular flexibility index (Phi) is 5.74. The van der Waals surface area contributed by atoms with Crippen LogP contribution in [0, 0.1) is 0 Å². The van der Waals surface area contributed by atoms with Crippen LogP contribution in [-0.4, -0.2) is 52.5 Å². The van der Waals surface area contributed by atoms with Crippen LogP contribution in [0.1, 0.15) is 6.92 Å². The molecule has 0 atom stereocenters. The summed E-state index contributed by atoms with van der Waals surface area (Å²) in [5.74, 6) is 0. The van der Waals surface area contributed by atoms with Crippen molar-refractivity contribution in [1.82, 2.24) is 9.78 Å². The Labute approximate surface area is 115 Å². The van der Waals surface area contributed by atoms with Crippen LogP contribution < -0.4 is 10.9 Å². The van der Waals surface area contributed by atoms with Crippen molar-refractivity contribution in [2.24, 2.45) is 0 Å². The van der Waals surface area contributed by atoms with Crippen LogP contribution >= 0.6 is 11.6 Å². The molecule has 1 aromatic heterocycles. The summed E-state index contributed by atoms with van der Waals surface area (Å²) >= 11 is 5.96. The molecule has 1 aromatic rings. The minimum Gasteiger partial charge on any atom is -0.394 e. The second-order valence-corrected chi connectivity index (χ2v) is 4.77. The van der Waals surface area contributed by atoms with Gasteiger partial charge in [-0.2, -0.15) is 5.10 Å². The van der Waals surface area contributed by atoms with Crippen molar-refractivity contribution in [3.8, 4) is 0 Å². The number of hydrogen-bond acceptors (Lipinski definition) is 6. The summed E-state index contributed by atoms with van der Waals surface area (Å²) in [5.41, 5.74) is -1.16. The highest BCUT2D eigenvalue weighted by Gasteiger charge is 2.24. The topological polar surface area (TPSA) is 96.6 Å². The first-order chi connectivity index (χ1) is 8.97. The van der Waals surface area contributed by atoms with Gasteiger partial charge in [-0.3, -0.25) is 4.79 Å². The third-order valence-electron chi connectivity index (χ3n) is 2.63. The smallest absolute Gasteiger partial charge is 0.287 e. The Morgan fingerprint density at radius 2 is 2.16 bits per heavy atom. The first kappa shape index (κ1) is 15.9. The molecule has 0 unspecified atom stereocenters. The van der Waals surface area contributed by atoms with Gasteiger partial charge in [-0.1, -0.05) is 11.6 Å². The molecule has 0 spiro atoms. The molecule has 1 rings (SSSR count). The Morgan fingerprint density at radius 1 is 1.53 bits per heavy atom. The van der Waals surface area contributed by atoms with Gasteiger partial charge >= 0.3 is 0 Å². The maximum absolute atomic E-state index is 11.9. The lowest BCUT2D eigenvalue weighted by Gasteiger charge is -2.27. The Balaban J connectivity index is 2.99. The first-order valence-corrected chi connectivity index (χ1v) is 6.09. The first-order valence-electron chi connectivity index (χ1n) is 5.72. The van der Waals surface area contributed by atoms with Gasteiger partial charge in [0.05, 0.1) is 43.8 Å². The van der Waals surface area contributed by atoms with E-state index in [1.54, 1.807) is 6.92 Å². The number of nitrogens with zero attached hydrogens (tertiary/aromatic N) is 2. The van der Waals surface area contributed by atoms with Gasteiger partial charge in [-0.25, -0.2) is 4.68 Å². The van der Waals surface area contributed by atoms with Crippen LogP contribution in [0.2, 0.25) is 5.02 Å². The second-order valence-electron chi connectivity index (χ2n) is 4.40. The summed E-state index contributed by atoms with van der Waals surface area (Å²) in [6.07, 6.45) is 1.38. The summed E-state index contributed by atoms with van der Waals surface area (Å²) in [5, 5.41) is 25.1. The molecule has 19 heavy (non-hydrogen) atoms. The largest absolute Gasteiger partial charge is 0.394 e. The number of hydrogen-bond donors (Lipinski definition) is 3. The van der Waals surface area contributed by atoms with E-state index < -0.39 is 11.1 Å². The van der Waals surface area contributed by atoms with Gasteiger partial charge in [0.15, 0.2) is 0 Å². The molecule has 3 N–H and O–H groups in total. The van der Waals surface area contributed by atoms with Crippen molar-refractivity contribution in [3.05, 3.63) is 21.6 Å². The molecule has 0 saturated carbocycles. The van der Waals surface area contributed by atoms with Gasteiger partial charge in [0.2, 0.25) is 0 Å². The second kappa shape index (κ2) is 6.85. The molecule has 0 aliphatic heterocycles. The summed E-state index contributed by atoms with van der Waals surface area (Å²) in [6.45, 7) is 1.62. The third kappa shape index (κ3) is 3.90. The van der Waals surface area contributed by atoms with Crippen molar-refractivity contribution in [1.29, 1.82) is 0 Å². The molecule has 108 valence electrons. The van der Waals surface area contributed by atoms with E-state index in [-0.39, 0.29) is 23.9 Å². The van der Waals surface area contributed by atoms with Crippen LogP contribution in [0.25, 0.3) is 0 Å². The fourth-order valence-electron chi connectivity index (χ4n) is 1.34. The lowest BCUT2D eigenvalue weighted by molar-refractivity contribution is 0.147. The van der Waals surface area contributed by atoms with E-state index in [1.165, 1.54) is 18.0 Å². The molecule has 1 heterocycles. The van der Waals surface area contributed by atoms with Crippen LogP contribution in [0.3, 0.4) is 0 Å². The van der Waals surface area contributed by atoms with E-state index in [4.69, 9.17) is 16.3 Å². The number of anilines is 1. The predicted octanol–water partition coefficient (Wildman–Crippen LogP) is -0.302. The lowest BCUT2D eigenvalue weighted by Crippen LogP contribution is -2.43. The fourth-order valence-corrected chi connectivity index (χ4v) is 1.54. The molecule has 7 nitrogen and oxygen atoms in total. The quantitative estimate of drug-likeness (QED) is 0.638. The molecule has 0 aromatic carbocycles. The zero-order valence-corrected chi connectivity index (χ0v) is 11.6. The van der Waals surface area contributed by atoms with Crippen LogP contribution in [-0.2, 0) is 11.3 Å². The monoisotopic (exact) mass is 291 g/mol. The zero-order valence-electron chi connectivity index (χ0n) is 10.9. The maximum Gasteiger partial charge on any atom is 0.287 e. The van der Waals surface area contributed by atoms with Gasteiger partial charge in [0.1, 0.15) is 5.02 Å². The van der Waals surface area contributed by atoms with Crippen LogP contribution in [0.5, 0.6) is 0 Å². The van der Waals surface area contributed by atoms with E-state index in [0.717, 1.165) is 0 Å². The SMILES string of the molecule is COCCn1ncc(NC(C)(CO)CO)c(Cl)c1=O. The molecule has 0 aliphatic rings. The van der Waals surface area contributed by atoms with Crippen molar-refractivity contribution in [2.75, 3.05) is 32.2 Å². The van der Waals surface area contributed by atoms with Gasteiger partial charge in [0.25, 0.3) is 5.56 Å². The molecule has 0 fully saturated rings. The Bertz CT molecular complexity index is 473. The summed E-state index contributed by atoms with van der Waals surface area (Å²) in [6, 6.07) is 0. The van der Waals surface area contributed by atoms with E-state index >= 15 is 0 Å². The number of aliphatic hydroxyl groups is 2. The number of aliphatic hydroxyl groups excluding tert-OH is 2. The summed E-state index contributed by atoms with van der Waals surface area (Å²) in [4.78, 5) is 11.9. The number of rotatable bonds is 7. The fraction of sp³-hybridized carbons (Fsp3) is 0.636. The molecule has 0 radical (unpaired) electrons. The van der Waals surface area contributed by atoms with Gasteiger partial charge in [-0.05, 0) is 6.92 Å². The minimum atomic E-state index is -0.976. The average Bonchev–Trinajstić information content (AvgIpc) is 2.43. The molecule has 0 amide bonds. The normalized spacial score (nSPS) is 11.6. The number of methoxy groups -OCH3 is 1. The molecule has 0 saturated heterocycles. The highest BCUT2D eigenvalue weighted by molar-refractivity contribution is 6.32. The van der Waals surface area contributed by atoms with Gasteiger partial charge < -0.3 is 20.3 Å². The number of nitrogens with one attached hydrogen (secondary N) is 1. The van der Waals surface area contributed by atoms with Crippen molar-refractivity contribution < 1.29 is 14.9 Å². The molecule has 0 bridgehead atoms. The summed E-state index contributed by atoms with van der Waals surface area (Å²) < 4.78 is 6.05. The predicted molar refractivity (Wildman–Crippen MR) is 71.6 cm³/mol. The van der Waals surface area contributed by atoms with Crippen molar-refractivity contribution >= 4 is 17.3 Å². The van der Waals surface area contributed by atoms with Crippen molar-refractivity contribution in [3.63, 3.8) is 0 Å². The van der Waals surface area contributed by atoms with Crippen LogP contribution in [0.4, 0.5) is 5.69 Å². The number of ether oxygens (including phenoxy) is 1. The number of halogens is 1. The van der Waals surface area contributed by atoms with E-state index in [1.807, 2.05) is 0 Å². The van der Waals surface area contributed by atoms with E-state index in [0.29, 0.717) is 13.2 Å². The Hall–Kier alpha value is -1.15. The average molecular weight is 292 g/mol. The lowest BCUT2D eigenvalue weighted by atomic mass is 10.1. The molecular weight excluding hydrogens is 274 g/mol. The molecule has 8 heteroatoms. The highest BCUT2D eigenvalue weighted by atomic mass is 35.5. The van der Waals surface area contributed by atoms with Gasteiger partial charge in [0, 0.05) is 7.11 Å². The van der Waals surface area contributed by atoms with Gasteiger partial charge in [-0.15, -0.1) is 0 Å². The zero-order chi connectivity index (χ0) is 14.5. The minimum absolute atomic E-state index is 0.0424. The highest BCUT2D eigenvalue weighted by Crippen LogP contribution is 2.20. The molecule has 0 aliphatic carbocycles. The summed E-state index contributed by atoms with van der Waals surface area (Å²) in [7, 11) is 1.52. The van der Waals surface area contributed by atoms with Crippen molar-refractivity contribution in [2.45, 2.75) is 19.0 Å². The van der Waals surface area contributed by atoms with Crippen LogP contribution in [0.15, 0.2) is 11.0 Å².